The molecule has 32 heavy (non-hydrogen) atoms. The molecule has 3 aromatic carbocycles. The van der Waals surface area contributed by atoms with Crippen LogP contribution in [0, 0.1) is 0 Å². The van der Waals surface area contributed by atoms with Crippen LogP contribution in [0.5, 0.6) is 5.75 Å². The van der Waals surface area contributed by atoms with E-state index in [1.54, 1.807) is 54.6 Å². The van der Waals surface area contributed by atoms with Crippen LogP contribution in [0.4, 0.5) is 10.5 Å². The van der Waals surface area contributed by atoms with Gasteiger partial charge in [0.05, 0.1) is 5.69 Å². The smallest absolute Gasteiger partial charge is 0.335 e. The van der Waals surface area contributed by atoms with Gasteiger partial charge in [0.25, 0.3) is 11.8 Å². The van der Waals surface area contributed by atoms with Gasteiger partial charge < -0.3 is 4.74 Å². The number of urea groups is 1. The highest BCUT2D eigenvalue weighted by Crippen LogP contribution is 2.29. The standard InChI is InChI=1S/C24H16BrClN2O4/c25-17-10-11-21(32-14-15-6-4-5-9-20(15)26)16(12-17)13-19-22(29)27-24(31)28(23(19)30)18-7-2-1-3-8-18/h1-13H,14H2,(H,27,29,31)/b19-13+. The molecule has 1 heterocycles. The summed E-state index contributed by atoms with van der Waals surface area (Å²) < 4.78 is 6.66. The maximum Gasteiger partial charge on any atom is 0.335 e. The number of hydrogen-bond donors (Lipinski definition) is 1. The maximum atomic E-state index is 13.1. The van der Waals surface area contributed by atoms with Gasteiger partial charge in [-0.25, -0.2) is 9.69 Å². The first kappa shape index (κ1) is 21.8. The molecule has 4 rings (SSSR count). The number of anilines is 1. The van der Waals surface area contributed by atoms with Crippen LogP contribution >= 0.6 is 27.5 Å². The topological polar surface area (TPSA) is 75.7 Å². The number of benzene rings is 3. The molecule has 0 atom stereocenters. The zero-order chi connectivity index (χ0) is 22.7. The molecule has 3 aromatic rings. The molecular weight excluding hydrogens is 496 g/mol. The SMILES string of the molecule is O=C1NC(=O)N(c2ccccc2)C(=O)/C1=C/c1cc(Br)ccc1OCc1ccccc1Cl. The van der Waals surface area contributed by atoms with E-state index in [-0.39, 0.29) is 12.2 Å². The van der Waals surface area contributed by atoms with Crippen molar-refractivity contribution in [1.82, 2.24) is 5.32 Å². The molecule has 1 N–H and O–H groups in total. The Morgan fingerprint density at radius 3 is 2.44 bits per heavy atom. The van der Waals surface area contributed by atoms with Crippen molar-refractivity contribution in [3.8, 4) is 5.75 Å². The Kier molecular flexibility index (Phi) is 6.39. The van der Waals surface area contributed by atoms with Crippen molar-refractivity contribution in [3.63, 3.8) is 0 Å². The number of amides is 4. The van der Waals surface area contributed by atoms with Gasteiger partial charge in [-0.3, -0.25) is 14.9 Å². The third-order valence-electron chi connectivity index (χ3n) is 4.73. The van der Waals surface area contributed by atoms with Crippen LogP contribution in [0.25, 0.3) is 6.08 Å². The van der Waals surface area contributed by atoms with Crippen LogP contribution in [-0.4, -0.2) is 17.8 Å². The zero-order valence-corrected chi connectivity index (χ0v) is 18.9. The number of hydrogen-bond acceptors (Lipinski definition) is 4. The van der Waals surface area contributed by atoms with Gasteiger partial charge in [0, 0.05) is 20.6 Å². The van der Waals surface area contributed by atoms with Crippen LogP contribution in [-0.2, 0) is 16.2 Å². The summed E-state index contributed by atoms with van der Waals surface area (Å²) in [7, 11) is 0. The second-order valence-electron chi connectivity index (χ2n) is 6.86. The first-order valence-electron chi connectivity index (χ1n) is 9.56. The molecule has 0 radical (unpaired) electrons. The molecule has 0 saturated carbocycles. The van der Waals surface area contributed by atoms with E-state index < -0.39 is 17.8 Å². The minimum atomic E-state index is -0.798. The third-order valence-corrected chi connectivity index (χ3v) is 5.59. The number of nitrogens with one attached hydrogen (secondary N) is 1. The minimum Gasteiger partial charge on any atom is -0.488 e. The summed E-state index contributed by atoms with van der Waals surface area (Å²) in [6, 6.07) is 20.1. The molecule has 160 valence electrons. The van der Waals surface area contributed by atoms with Crippen molar-refractivity contribution in [1.29, 1.82) is 0 Å². The van der Waals surface area contributed by atoms with Gasteiger partial charge in [-0.1, -0.05) is 63.9 Å². The number of carbonyl (C=O) groups is 3. The lowest BCUT2D eigenvalue weighted by Crippen LogP contribution is -2.54. The molecule has 1 aliphatic rings. The number of ether oxygens (including phenoxy) is 1. The number of carbonyl (C=O) groups excluding carboxylic acids is 3. The monoisotopic (exact) mass is 510 g/mol. The molecule has 1 aliphatic heterocycles. The first-order valence-corrected chi connectivity index (χ1v) is 10.7. The van der Waals surface area contributed by atoms with Gasteiger partial charge in [0.1, 0.15) is 17.9 Å². The molecule has 1 saturated heterocycles. The number of rotatable bonds is 5. The Morgan fingerprint density at radius 2 is 1.69 bits per heavy atom. The minimum absolute atomic E-state index is 0.186. The average Bonchev–Trinajstić information content (AvgIpc) is 2.77. The second kappa shape index (κ2) is 9.38. The quantitative estimate of drug-likeness (QED) is 0.370. The van der Waals surface area contributed by atoms with Crippen LogP contribution in [0.3, 0.4) is 0 Å². The number of imide groups is 2. The summed E-state index contributed by atoms with van der Waals surface area (Å²) in [6.45, 7) is 0.201. The lowest BCUT2D eigenvalue weighted by atomic mass is 10.1. The predicted molar refractivity (Wildman–Crippen MR) is 125 cm³/mol. The van der Waals surface area contributed by atoms with Gasteiger partial charge >= 0.3 is 6.03 Å². The second-order valence-corrected chi connectivity index (χ2v) is 8.18. The fourth-order valence-electron chi connectivity index (χ4n) is 3.16. The summed E-state index contributed by atoms with van der Waals surface area (Å²) in [5, 5.41) is 2.79. The fraction of sp³-hybridized carbons (Fsp3) is 0.0417. The zero-order valence-electron chi connectivity index (χ0n) is 16.5. The molecular formula is C24H16BrClN2O4. The van der Waals surface area contributed by atoms with Crippen molar-refractivity contribution < 1.29 is 19.1 Å². The Hall–Kier alpha value is -3.42. The van der Waals surface area contributed by atoms with Crippen LogP contribution < -0.4 is 15.0 Å². The molecule has 0 bridgehead atoms. The Balaban J connectivity index is 1.68. The number of para-hydroxylation sites is 1. The van der Waals surface area contributed by atoms with E-state index in [2.05, 4.69) is 21.2 Å². The largest absolute Gasteiger partial charge is 0.488 e. The Morgan fingerprint density at radius 1 is 0.969 bits per heavy atom. The lowest BCUT2D eigenvalue weighted by Gasteiger charge is -2.26. The van der Waals surface area contributed by atoms with E-state index >= 15 is 0 Å². The summed E-state index contributed by atoms with van der Waals surface area (Å²) in [5.74, 6) is -1.05. The van der Waals surface area contributed by atoms with E-state index in [0.29, 0.717) is 22.0 Å². The summed E-state index contributed by atoms with van der Waals surface area (Å²) in [4.78, 5) is 38.8. The molecule has 8 heteroatoms. The molecule has 6 nitrogen and oxygen atoms in total. The average molecular weight is 512 g/mol. The number of halogens is 2. The van der Waals surface area contributed by atoms with Crippen LogP contribution in [0.2, 0.25) is 5.02 Å². The van der Waals surface area contributed by atoms with Crippen molar-refractivity contribution in [3.05, 3.63) is 99.0 Å². The molecule has 0 aliphatic carbocycles. The van der Waals surface area contributed by atoms with Crippen LogP contribution in [0.1, 0.15) is 11.1 Å². The van der Waals surface area contributed by atoms with Crippen molar-refractivity contribution in [2.75, 3.05) is 4.90 Å². The van der Waals surface area contributed by atoms with E-state index in [4.69, 9.17) is 16.3 Å². The van der Waals surface area contributed by atoms with Crippen molar-refractivity contribution in [2.24, 2.45) is 0 Å². The summed E-state index contributed by atoms with van der Waals surface area (Å²) in [6.07, 6.45) is 1.41. The van der Waals surface area contributed by atoms with Crippen molar-refractivity contribution >= 4 is 57.1 Å². The van der Waals surface area contributed by atoms with Gasteiger partial charge in [-0.2, -0.15) is 0 Å². The van der Waals surface area contributed by atoms with Gasteiger partial charge in [-0.15, -0.1) is 0 Å². The number of barbiturate groups is 1. The normalized spacial score (nSPS) is 15.1. The highest BCUT2D eigenvalue weighted by atomic mass is 79.9. The van der Waals surface area contributed by atoms with Crippen LogP contribution in [0.15, 0.2) is 82.8 Å². The molecule has 4 amide bonds. The Bertz CT molecular complexity index is 1240. The van der Waals surface area contributed by atoms with Crippen molar-refractivity contribution in [2.45, 2.75) is 6.61 Å². The van der Waals surface area contributed by atoms with E-state index in [0.717, 1.165) is 14.9 Å². The molecule has 1 fully saturated rings. The molecule has 0 spiro atoms. The van der Waals surface area contributed by atoms with E-state index in [9.17, 15) is 14.4 Å². The van der Waals surface area contributed by atoms with Gasteiger partial charge in [-0.05, 0) is 42.5 Å². The summed E-state index contributed by atoms with van der Waals surface area (Å²) >= 11 is 9.60. The Labute approximate surface area is 197 Å². The maximum absolute atomic E-state index is 13.1. The first-order chi connectivity index (χ1) is 15.4. The fourth-order valence-corrected chi connectivity index (χ4v) is 3.73. The predicted octanol–water partition coefficient (Wildman–Crippen LogP) is 5.35. The summed E-state index contributed by atoms with van der Waals surface area (Å²) in [5.41, 5.74) is 1.46. The number of nitrogens with zero attached hydrogens (tertiary/aromatic N) is 1. The molecule has 0 unspecified atom stereocenters. The van der Waals surface area contributed by atoms with Gasteiger partial charge in [0.15, 0.2) is 0 Å². The highest BCUT2D eigenvalue weighted by Gasteiger charge is 2.36. The third kappa shape index (κ3) is 4.59. The highest BCUT2D eigenvalue weighted by molar-refractivity contribution is 9.10. The lowest BCUT2D eigenvalue weighted by molar-refractivity contribution is -0.122. The van der Waals surface area contributed by atoms with Gasteiger partial charge in [0.2, 0.25) is 0 Å². The molecule has 0 aromatic heterocycles. The van der Waals surface area contributed by atoms with E-state index in [1.165, 1.54) is 6.08 Å². The van der Waals surface area contributed by atoms with E-state index in [1.807, 2.05) is 18.2 Å².